The van der Waals surface area contributed by atoms with Gasteiger partial charge in [-0.1, -0.05) is 0 Å². The Morgan fingerprint density at radius 1 is 1.77 bits per heavy atom. The zero-order valence-corrected chi connectivity index (χ0v) is 7.60. The minimum Gasteiger partial charge on any atom is -0.459 e. The molecule has 3 N–H and O–H groups in total. The first-order chi connectivity index (χ1) is 6.11. The van der Waals surface area contributed by atoms with Crippen molar-refractivity contribution < 1.29 is 19.4 Å². The molecule has 1 heterocycles. The monoisotopic (exact) mass is 189 g/mol. The average molecular weight is 189 g/mol. The van der Waals surface area contributed by atoms with Gasteiger partial charge in [0.2, 0.25) is 0 Å². The highest BCUT2D eigenvalue weighted by Gasteiger charge is 2.25. The van der Waals surface area contributed by atoms with Crippen molar-refractivity contribution in [3.63, 3.8) is 0 Å². The molecule has 0 bridgehead atoms. The quantitative estimate of drug-likeness (QED) is 0.558. The predicted molar refractivity (Wildman–Crippen MR) is 45.0 cm³/mol. The minimum absolute atomic E-state index is 0.197. The lowest BCUT2D eigenvalue weighted by atomic mass is 10.2. The standard InChI is InChI=1S/C8H15NO4/c1-5(10)7(9)8(11)13-6-2-3-12-4-6/h5-7,10H,2-4,9H2,1H3/t5-,6+,7+/m1/s1. The molecule has 0 saturated carbocycles. The fourth-order valence-electron chi connectivity index (χ4n) is 1.05. The molecule has 1 aliphatic rings. The maximum absolute atomic E-state index is 11.2. The summed E-state index contributed by atoms with van der Waals surface area (Å²) in [5.74, 6) is -0.564. The van der Waals surface area contributed by atoms with Gasteiger partial charge < -0.3 is 20.3 Å². The molecule has 0 aromatic rings. The molecule has 0 aromatic carbocycles. The van der Waals surface area contributed by atoms with Crippen molar-refractivity contribution in [1.29, 1.82) is 0 Å². The molecule has 0 spiro atoms. The van der Waals surface area contributed by atoms with Gasteiger partial charge in [-0.25, -0.2) is 0 Å². The van der Waals surface area contributed by atoms with Crippen molar-refractivity contribution in [2.75, 3.05) is 13.2 Å². The second kappa shape index (κ2) is 4.55. The zero-order valence-electron chi connectivity index (χ0n) is 7.60. The number of ether oxygens (including phenoxy) is 2. The smallest absolute Gasteiger partial charge is 0.325 e. The van der Waals surface area contributed by atoms with Crippen LogP contribution in [0.4, 0.5) is 0 Å². The Hall–Kier alpha value is -0.650. The molecule has 1 fully saturated rings. The molecule has 1 rings (SSSR count). The topological polar surface area (TPSA) is 81.8 Å². The molecule has 0 aliphatic carbocycles. The van der Waals surface area contributed by atoms with E-state index in [0.717, 1.165) is 0 Å². The first-order valence-corrected chi connectivity index (χ1v) is 4.33. The summed E-state index contributed by atoms with van der Waals surface area (Å²) in [5, 5.41) is 9.01. The van der Waals surface area contributed by atoms with Crippen LogP contribution in [0.15, 0.2) is 0 Å². The van der Waals surface area contributed by atoms with Crippen molar-refractivity contribution in [2.45, 2.75) is 31.6 Å². The second-order valence-corrected chi connectivity index (χ2v) is 3.19. The molecule has 1 saturated heterocycles. The molecule has 3 atom stereocenters. The lowest BCUT2D eigenvalue weighted by Gasteiger charge is -2.16. The highest BCUT2D eigenvalue weighted by molar-refractivity contribution is 5.76. The van der Waals surface area contributed by atoms with Crippen molar-refractivity contribution in [3.8, 4) is 0 Å². The molecular formula is C8H15NO4. The summed E-state index contributed by atoms with van der Waals surface area (Å²) in [5.41, 5.74) is 5.37. The Morgan fingerprint density at radius 2 is 2.46 bits per heavy atom. The van der Waals surface area contributed by atoms with Crippen LogP contribution in [0.25, 0.3) is 0 Å². The zero-order chi connectivity index (χ0) is 9.84. The number of rotatable bonds is 3. The summed E-state index contributed by atoms with van der Waals surface area (Å²) >= 11 is 0. The molecule has 0 amide bonds. The van der Waals surface area contributed by atoms with Crippen molar-refractivity contribution in [1.82, 2.24) is 0 Å². The molecule has 13 heavy (non-hydrogen) atoms. The van der Waals surface area contributed by atoms with Crippen LogP contribution >= 0.6 is 0 Å². The lowest BCUT2D eigenvalue weighted by Crippen LogP contribution is -2.42. The average Bonchev–Trinajstić information content (AvgIpc) is 2.55. The highest BCUT2D eigenvalue weighted by atomic mass is 16.6. The van der Waals surface area contributed by atoms with Crippen molar-refractivity contribution >= 4 is 5.97 Å². The van der Waals surface area contributed by atoms with Crippen LogP contribution in [0.1, 0.15) is 13.3 Å². The van der Waals surface area contributed by atoms with Crippen molar-refractivity contribution in [2.24, 2.45) is 5.73 Å². The van der Waals surface area contributed by atoms with Crippen LogP contribution in [-0.4, -0.2) is 42.5 Å². The largest absolute Gasteiger partial charge is 0.459 e. The maximum Gasteiger partial charge on any atom is 0.325 e. The van der Waals surface area contributed by atoms with Crippen LogP contribution in [0.2, 0.25) is 0 Å². The summed E-state index contributed by atoms with van der Waals surface area (Å²) in [4.78, 5) is 11.2. The van der Waals surface area contributed by atoms with E-state index in [4.69, 9.17) is 20.3 Å². The molecule has 0 unspecified atom stereocenters. The third-order valence-electron chi connectivity index (χ3n) is 1.96. The number of esters is 1. The second-order valence-electron chi connectivity index (χ2n) is 3.19. The molecular weight excluding hydrogens is 174 g/mol. The van der Waals surface area contributed by atoms with Crippen molar-refractivity contribution in [3.05, 3.63) is 0 Å². The van der Waals surface area contributed by atoms with E-state index in [2.05, 4.69) is 0 Å². The van der Waals surface area contributed by atoms with Crippen LogP contribution in [0.3, 0.4) is 0 Å². The van der Waals surface area contributed by atoms with Gasteiger partial charge in [0.1, 0.15) is 12.1 Å². The number of aliphatic hydroxyl groups excluding tert-OH is 1. The Labute approximate surface area is 76.8 Å². The number of aliphatic hydroxyl groups is 1. The van der Waals surface area contributed by atoms with E-state index in [1.807, 2.05) is 0 Å². The van der Waals surface area contributed by atoms with Gasteiger partial charge in [-0.05, 0) is 6.92 Å². The number of nitrogens with two attached hydrogens (primary N) is 1. The Kier molecular flexibility index (Phi) is 3.65. The third kappa shape index (κ3) is 2.95. The van der Waals surface area contributed by atoms with Gasteiger partial charge in [0.15, 0.2) is 0 Å². The predicted octanol–water partition coefficient (Wildman–Crippen LogP) is -0.973. The van der Waals surface area contributed by atoms with Crippen LogP contribution in [0.5, 0.6) is 0 Å². The maximum atomic E-state index is 11.2. The lowest BCUT2D eigenvalue weighted by molar-refractivity contribution is -0.153. The fraction of sp³-hybridized carbons (Fsp3) is 0.875. The van der Waals surface area contributed by atoms with E-state index in [0.29, 0.717) is 19.6 Å². The Balaban J connectivity index is 2.31. The van der Waals surface area contributed by atoms with Gasteiger partial charge in [0.25, 0.3) is 0 Å². The summed E-state index contributed by atoms with van der Waals surface area (Å²) in [6, 6.07) is -0.958. The van der Waals surface area contributed by atoms with Crippen LogP contribution < -0.4 is 5.73 Å². The summed E-state index contributed by atoms with van der Waals surface area (Å²) in [6.45, 7) is 2.50. The number of hydrogen-bond acceptors (Lipinski definition) is 5. The van der Waals surface area contributed by atoms with Crippen LogP contribution in [-0.2, 0) is 14.3 Å². The first kappa shape index (κ1) is 10.4. The normalized spacial score (nSPS) is 26.8. The summed E-state index contributed by atoms with van der Waals surface area (Å²) in [7, 11) is 0. The van der Waals surface area contributed by atoms with E-state index in [1.165, 1.54) is 6.92 Å². The van der Waals surface area contributed by atoms with Gasteiger partial charge in [0, 0.05) is 6.42 Å². The van der Waals surface area contributed by atoms with Gasteiger partial charge in [-0.15, -0.1) is 0 Å². The Morgan fingerprint density at radius 3 is 2.92 bits per heavy atom. The third-order valence-corrected chi connectivity index (χ3v) is 1.96. The van der Waals surface area contributed by atoms with E-state index in [9.17, 15) is 4.79 Å². The highest BCUT2D eigenvalue weighted by Crippen LogP contribution is 2.09. The fourth-order valence-corrected chi connectivity index (χ4v) is 1.05. The van der Waals surface area contributed by atoms with E-state index < -0.39 is 18.1 Å². The van der Waals surface area contributed by atoms with Gasteiger partial charge in [-0.2, -0.15) is 0 Å². The molecule has 0 aromatic heterocycles. The van der Waals surface area contributed by atoms with E-state index in [1.54, 1.807) is 0 Å². The van der Waals surface area contributed by atoms with Gasteiger partial charge >= 0.3 is 5.97 Å². The molecule has 0 radical (unpaired) electrons. The molecule has 1 aliphatic heterocycles. The number of hydrogen-bond donors (Lipinski definition) is 2. The number of carbonyl (C=O) groups is 1. The Bertz CT molecular complexity index is 177. The van der Waals surface area contributed by atoms with E-state index in [-0.39, 0.29) is 6.10 Å². The minimum atomic E-state index is -0.958. The molecule has 5 nitrogen and oxygen atoms in total. The summed E-state index contributed by atoms with van der Waals surface area (Å²) in [6.07, 6.45) is -0.370. The molecule has 5 heteroatoms. The number of carbonyl (C=O) groups excluding carboxylic acids is 1. The van der Waals surface area contributed by atoms with Gasteiger partial charge in [-0.3, -0.25) is 4.79 Å². The van der Waals surface area contributed by atoms with Gasteiger partial charge in [0.05, 0.1) is 19.3 Å². The summed E-state index contributed by atoms with van der Waals surface area (Å²) < 4.78 is 10.0. The molecule has 76 valence electrons. The van der Waals surface area contributed by atoms with E-state index >= 15 is 0 Å². The SMILES string of the molecule is C[C@@H](O)[C@H](N)C(=O)O[C@H]1CCOC1. The first-order valence-electron chi connectivity index (χ1n) is 4.33. The van der Waals surface area contributed by atoms with Crippen LogP contribution in [0, 0.1) is 0 Å².